The summed E-state index contributed by atoms with van der Waals surface area (Å²) in [6, 6.07) is 9.18. The third-order valence-corrected chi connectivity index (χ3v) is 3.39. The molecule has 2 fully saturated rings. The standard InChI is InChI=1S/C13H17N.C2H6/c1-2-9-14(8-1)13-5-3-4-12(10-13)11-6-7-11;1-2/h3-5,10-11H,1-2,6-9H2;1-2H3. The van der Waals surface area contributed by atoms with Crippen LogP contribution in [0.5, 0.6) is 0 Å². The molecule has 1 aromatic carbocycles. The lowest BCUT2D eigenvalue weighted by molar-refractivity contribution is 0.949. The lowest BCUT2D eigenvalue weighted by atomic mass is 10.1. The van der Waals surface area contributed by atoms with Gasteiger partial charge in [-0.3, -0.25) is 0 Å². The van der Waals surface area contributed by atoms with Gasteiger partial charge in [0.05, 0.1) is 0 Å². The molecule has 0 aromatic heterocycles. The molecule has 1 saturated heterocycles. The SMILES string of the molecule is CC.c1cc(C2CC2)cc(N2CCCC2)c1. The fourth-order valence-corrected chi connectivity index (χ4v) is 2.37. The maximum atomic E-state index is 2.52. The Labute approximate surface area is 99.5 Å². The summed E-state index contributed by atoms with van der Waals surface area (Å²) < 4.78 is 0. The van der Waals surface area contributed by atoms with Gasteiger partial charge in [-0.25, -0.2) is 0 Å². The van der Waals surface area contributed by atoms with Crippen LogP contribution in [0, 0.1) is 0 Å². The molecule has 0 spiro atoms. The molecule has 0 atom stereocenters. The maximum absolute atomic E-state index is 2.52. The zero-order valence-electron chi connectivity index (χ0n) is 10.6. The van der Waals surface area contributed by atoms with E-state index in [-0.39, 0.29) is 0 Å². The second-order valence-corrected chi connectivity index (χ2v) is 4.56. The molecule has 1 aliphatic heterocycles. The van der Waals surface area contributed by atoms with E-state index in [9.17, 15) is 0 Å². The molecule has 0 N–H and O–H groups in total. The molecular weight excluding hydrogens is 194 g/mol. The van der Waals surface area contributed by atoms with Crippen LogP contribution < -0.4 is 4.90 Å². The summed E-state index contributed by atoms with van der Waals surface area (Å²) >= 11 is 0. The molecular formula is C15H23N. The van der Waals surface area contributed by atoms with Crippen molar-refractivity contribution in [2.24, 2.45) is 0 Å². The highest BCUT2D eigenvalue weighted by molar-refractivity contribution is 5.50. The van der Waals surface area contributed by atoms with Crippen molar-refractivity contribution in [3.05, 3.63) is 29.8 Å². The highest BCUT2D eigenvalue weighted by Crippen LogP contribution is 2.41. The van der Waals surface area contributed by atoms with E-state index in [2.05, 4.69) is 29.2 Å². The van der Waals surface area contributed by atoms with Crippen LogP contribution in [0.25, 0.3) is 0 Å². The van der Waals surface area contributed by atoms with E-state index in [1.54, 1.807) is 5.56 Å². The molecule has 0 amide bonds. The third-order valence-electron chi connectivity index (χ3n) is 3.39. The minimum Gasteiger partial charge on any atom is -0.372 e. The zero-order valence-corrected chi connectivity index (χ0v) is 10.6. The highest BCUT2D eigenvalue weighted by Gasteiger charge is 2.24. The summed E-state index contributed by atoms with van der Waals surface area (Å²) in [7, 11) is 0. The molecule has 1 heteroatoms. The Morgan fingerprint density at radius 3 is 2.38 bits per heavy atom. The van der Waals surface area contributed by atoms with Gasteiger partial charge in [0.2, 0.25) is 0 Å². The van der Waals surface area contributed by atoms with Gasteiger partial charge in [0.25, 0.3) is 0 Å². The quantitative estimate of drug-likeness (QED) is 0.718. The molecule has 0 radical (unpaired) electrons. The Morgan fingerprint density at radius 2 is 1.75 bits per heavy atom. The number of hydrogen-bond acceptors (Lipinski definition) is 1. The van der Waals surface area contributed by atoms with Gasteiger partial charge in [-0.1, -0.05) is 26.0 Å². The van der Waals surface area contributed by atoms with Gasteiger partial charge in [0, 0.05) is 18.8 Å². The first-order chi connectivity index (χ1) is 7.93. The molecule has 1 aromatic rings. The number of hydrogen-bond donors (Lipinski definition) is 0. The first kappa shape index (κ1) is 11.5. The number of benzene rings is 1. The van der Waals surface area contributed by atoms with Gasteiger partial charge >= 0.3 is 0 Å². The van der Waals surface area contributed by atoms with E-state index in [4.69, 9.17) is 0 Å². The zero-order chi connectivity index (χ0) is 11.4. The topological polar surface area (TPSA) is 3.24 Å². The summed E-state index contributed by atoms with van der Waals surface area (Å²) in [4.78, 5) is 2.52. The molecule has 2 aliphatic rings. The lowest BCUT2D eigenvalue weighted by Crippen LogP contribution is -2.17. The van der Waals surface area contributed by atoms with Crippen molar-refractivity contribution in [3.8, 4) is 0 Å². The minimum atomic E-state index is 0.887. The van der Waals surface area contributed by atoms with Crippen molar-refractivity contribution in [1.29, 1.82) is 0 Å². The van der Waals surface area contributed by atoms with Crippen LogP contribution in [-0.4, -0.2) is 13.1 Å². The van der Waals surface area contributed by atoms with Crippen LogP contribution in [0.4, 0.5) is 5.69 Å². The third kappa shape index (κ3) is 2.58. The molecule has 3 rings (SSSR count). The molecule has 1 heterocycles. The van der Waals surface area contributed by atoms with Crippen molar-refractivity contribution < 1.29 is 0 Å². The maximum Gasteiger partial charge on any atom is 0.0369 e. The number of anilines is 1. The van der Waals surface area contributed by atoms with E-state index < -0.39 is 0 Å². The Morgan fingerprint density at radius 1 is 1.06 bits per heavy atom. The summed E-state index contributed by atoms with van der Waals surface area (Å²) in [5.41, 5.74) is 3.02. The average Bonchev–Trinajstić information content (AvgIpc) is 3.07. The average molecular weight is 217 g/mol. The number of nitrogens with zero attached hydrogens (tertiary/aromatic N) is 1. The van der Waals surface area contributed by atoms with Crippen molar-refractivity contribution in [1.82, 2.24) is 0 Å². The van der Waals surface area contributed by atoms with Crippen LogP contribution in [0.3, 0.4) is 0 Å². The first-order valence-corrected chi connectivity index (χ1v) is 6.78. The van der Waals surface area contributed by atoms with E-state index in [1.807, 2.05) is 13.8 Å². The highest BCUT2D eigenvalue weighted by atomic mass is 15.1. The summed E-state index contributed by atoms with van der Waals surface area (Å²) in [5.74, 6) is 0.887. The van der Waals surface area contributed by atoms with Gasteiger partial charge in [0.15, 0.2) is 0 Å². The molecule has 0 unspecified atom stereocenters. The predicted octanol–water partition coefficient (Wildman–Crippen LogP) is 4.19. The summed E-state index contributed by atoms with van der Waals surface area (Å²) in [5, 5.41) is 0. The van der Waals surface area contributed by atoms with Gasteiger partial charge in [-0.2, -0.15) is 0 Å². The van der Waals surface area contributed by atoms with E-state index >= 15 is 0 Å². The van der Waals surface area contributed by atoms with Crippen molar-refractivity contribution in [3.63, 3.8) is 0 Å². The molecule has 1 nitrogen and oxygen atoms in total. The fourth-order valence-electron chi connectivity index (χ4n) is 2.37. The van der Waals surface area contributed by atoms with Gasteiger partial charge in [-0.05, 0) is 49.3 Å². The van der Waals surface area contributed by atoms with Gasteiger partial charge in [0.1, 0.15) is 0 Å². The fraction of sp³-hybridized carbons (Fsp3) is 0.600. The molecule has 1 saturated carbocycles. The van der Waals surface area contributed by atoms with Crippen LogP contribution in [0.2, 0.25) is 0 Å². The smallest absolute Gasteiger partial charge is 0.0369 e. The monoisotopic (exact) mass is 217 g/mol. The Hall–Kier alpha value is -0.980. The Bertz CT molecular complexity index is 322. The van der Waals surface area contributed by atoms with E-state index in [0.717, 1.165) is 5.92 Å². The Balaban J connectivity index is 0.000000457. The van der Waals surface area contributed by atoms with Crippen LogP contribution in [-0.2, 0) is 0 Å². The lowest BCUT2D eigenvalue weighted by Gasteiger charge is -2.18. The molecule has 1 aliphatic carbocycles. The predicted molar refractivity (Wildman–Crippen MR) is 71.2 cm³/mol. The van der Waals surface area contributed by atoms with Crippen LogP contribution in [0.15, 0.2) is 24.3 Å². The van der Waals surface area contributed by atoms with E-state index in [0.29, 0.717) is 0 Å². The minimum absolute atomic E-state index is 0.887. The normalized spacial score (nSPS) is 19.2. The van der Waals surface area contributed by atoms with Crippen LogP contribution >= 0.6 is 0 Å². The van der Waals surface area contributed by atoms with Crippen LogP contribution in [0.1, 0.15) is 51.0 Å². The second kappa shape index (κ2) is 5.38. The van der Waals surface area contributed by atoms with Crippen molar-refractivity contribution >= 4 is 5.69 Å². The largest absolute Gasteiger partial charge is 0.372 e. The van der Waals surface area contributed by atoms with Gasteiger partial charge in [-0.15, -0.1) is 0 Å². The summed E-state index contributed by atoms with van der Waals surface area (Å²) in [6.45, 7) is 6.52. The van der Waals surface area contributed by atoms with E-state index in [1.165, 1.54) is 44.5 Å². The summed E-state index contributed by atoms with van der Waals surface area (Å²) in [6.07, 6.45) is 5.55. The second-order valence-electron chi connectivity index (χ2n) is 4.56. The van der Waals surface area contributed by atoms with Crippen molar-refractivity contribution in [2.75, 3.05) is 18.0 Å². The first-order valence-electron chi connectivity index (χ1n) is 6.78. The van der Waals surface area contributed by atoms with Crippen molar-refractivity contribution in [2.45, 2.75) is 45.4 Å². The molecule has 88 valence electrons. The molecule has 16 heavy (non-hydrogen) atoms. The number of rotatable bonds is 2. The Kier molecular flexibility index (Phi) is 3.87. The molecule has 0 bridgehead atoms. The van der Waals surface area contributed by atoms with Gasteiger partial charge < -0.3 is 4.90 Å².